The molecule has 3 N–H and O–H groups in total. The Bertz CT molecular complexity index is 817. The third kappa shape index (κ3) is 4.22. The molecular formula is C19H24N4O3S. The van der Waals surface area contributed by atoms with Crippen molar-refractivity contribution in [3.8, 4) is 11.5 Å². The number of carbonyl (C=O) groups is 2. The van der Waals surface area contributed by atoms with E-state index in [2.05, 4.69) is 20.9 Å². The van der Waals surface area contributed by atoms with E-state index in [1.807, 2.05) is 17.5 Å². The van der Waals surface area contributed by atoms with E-state index < -0.39 is 0 Å². The summed E-state index contributed by atoms with van der Waals surface area (Å²) < 4.78 is 5.71. The van der Waals surface area contributed by atoms with Gasteiger partial charge in [-0.3, -0.25) is 9.59 Å². The van der Waals surface area contributed by atoms with Gasteiger partial charge in [-0.2, -0.15) is 0 Å². The van der Waals surface area contributed by atoms with E-state index in [-0.39, 0.29) is 17.9 Å². The fourth-order valence-electron chi connectivity index (χ4n) is 3.98. The molecule has 2 aromatic rings. The lowest BCUT2D eigenvalue weighted by atomic mass is 9.85. The van der Waals surface area contributed by atoms with E-state index in [9.17, 15) is 9.59 Å². The monoisotopic (exact) mass is 388 g/mol. The Balaban J connectivity index is 1.35. The maximum Gasteiger partial charge on any atom is 0.243 e. The number of thiazole rings is 1. The van der Waals surface area contributed by atoms with Crippen molar-refractivity contribution in [1.82, 2.24) is 15.6 Å². The van der Waals surface area contributed by atoms with E-state index in [4.69, 9.17) is 4.42 Å². The Kier molecular flexibility index (Phi) is 5.27. The van der Waals surface area contributed by atoms with Gasteiger partial charge in [-0.25, -0.2) is 4.98 Å². The molecule has 3 heterocycles. The largest absolute Gasteiger partial charge is 0.458 e. The Hall–Kier alpha value is -2.19. The molecule has 0 aromatic carbocycles. The normalized spacial score (nSPS) is 24.4. The first-order valence-corrected chi connectivity index (χ1v) is 10.3. The second-order valence-corrected chi connectivity index (χ2v) is 8.17. The fourth-order valence-corrected chi connectivity index (χ4v) is 4.68. The van der Waals surface area contributed by atoms with Crippen LogP contribution in [-0.2, 0) is 16.1 Å². The highest BCUT2D eigenvalue weighted by atomic mass is 32.1. The molecule has 144 valence electrons. The third-order valence-electron chi connectivity index (χ3n) is 5.34. The molecule has 0 radical (unpaired) electrons. The summed E-state index contributed by atoms with van der Waals surface area (Å²) in [4.78, 5) is 28.0. The lowest BCUT2D eigenvalue weighted by molar-refractivity contribution is -0.119. The number of hydrogen-bond acceptors (Lipinski definition) is 6. The minimum Gasteiger partial charge on any atom is -0.458 e. The number of anilines is 1. The molecule has 2 aromatic heterocycles. The van der Waals surface area contributed by atoms with Gasteiger partial charge >= 0.3 is 0 Å². The van der Waals surface area contributed by atoms with Crippen LogP contribution in [0.5, 0.6) is 0 Å². The van der Waals surface area contributed by atoms with Gasteiger partial charge < -0.3 is 20.4 Å². The van der Waals surface area contributed by atoms with E-state index in [1.54, 1.807) is 0 Å². The number of rotatable bonds is 5. The summed E-state index contributed by atoms with van der Waals surface area (Å²) in [5.41, 5.74) is 0.678. The van der Waals surface area contributed by atoms with Gasteiger partial charge in [0.2, 0.25) is 11.8 Å². The molecule has 2 amide bonds. The zero-order valence-corrected chi connectivity index (χ0v) is 16.1. The van der Waals surface area contributed by atoms with Gasteiger partial charge in [0.15, 0.2) is 10.9 Å². The molecule has 3 unspecified atom stereocenters. The van der Waals surface area contributed by atoms with Gasteiger partial charge in [0.25, 0.3) is 0 Å². The topological polar surface area (TPSA) is 96.3 Å². The van der Waals surface area contributed by atoms with Crippen LogP contribution in [0, 0.1) is 5.92 Å². The van der Waals surface area contributed by atoms with E-state index in [1.165, 1.54) is 43.9 Å². The summed E-state index contributed by atoms with van der Waals surface area (Å²) in [6.07, 6.45) is 5.85. The zero-order valence-electron chi connectivity index (χ0n) is 15.3. The van der Waals surface area contributed by atoms with Crippen molar-refractivity contribution < 1.29 is 14.0 Å². The van der Waals surface area contributed by atoms with Crippen LogP contribution in [0.25, 0.3) is 11.5 Å². The number of aromatic nitrogens is 1. The smallest absolute Gasteiger partial charge is 0.243 e. The molecule has 0 bridgehead atoms. The molecule has 0 spiro atoms. The van der Waals surface area contributed by atoms with Gasteiger partial charge in [0, 0.05) is 18.3 Å². The highest BCUT2D eigenvalue weighted by molar-refractivity contribution is 7.14. The minimum absolute atomic E-state index is 0.00362. The van der Waals surface area contributed by atoms with E-state index >= 15 is 0 Å². The van der Waals surface area contributed by atoms with Crippen LogP contribution in [0.3, 0.4) is 0 Å². The van der Waals surface area contributed by atoms with Gasteiger partial charge in [0.05, 0.1) is 12.6 Å². The average molecular weight is 388 g/mol. The molecule has 3 atom stereocenters. The Morgan fingerprint density at radius 2 is 2.19 bits per heavy atom. The maximum atomic E-state index is 12.6. The van der Waals surface area contributed by atoms with Gasteiger partial charge in [-0.1, -0.05) is 12.8 Å². The van der Waals surface area contributed by atoms with Crippen LogP contribution in [0.4, 0.5) is 5.13 Å². The quantitative estimate of drug-likeness (QED) is 0.732. The van der Waals surface area contributed by atoms with Gasteiger partial charge in [-0.15, -0.1) is 11.3 Å². The Morgan fingerprint density at radius 1 is 1.33 bits per heavy atom. The summed E-state index contributed by atoms with van der Waals surface area (Å²) in [6, 6.07) is 4.00. The number of nitrogens with zero attached hydrogens (tertiary/aromatic N) is 1. The Labute approximate surface area is 161 Å². The zero-order chi connectivity index (χ0) is 18.8. The maximum absolute atomic E-state index is 12.6. The molecule has 7 nitrogen and oxygen atoms in total. The van der Waals surface area contributed by atoms with Crippen molar-refractivity contribution in [1.29, 1.82) is 0 Å². The lowest BCUT2D eigenvalue weighted by Gasteiger charge is -2.24. The van der Waals surface area contributed by atoms with Crippen molar-refractivity contribution in [2.24, 2.45) is 5.92 Å². The fraction of sp³-hybridized carbons (Fsp3) is 0.526. The number of furan rings is 1. The average Bonchev–Trinajstić information content (AvgIpc) is 3.38. The summed E-state index contributed by atoms with van der Waals surface area (Å²) in [5, 5.41) is 11.6. The van der Waals surface area contributed by atoms with Crippen molar-refractivity contribution in [2.45, 2.75) is 57.7 Å². The van der Waals surface area contributed by atoms with Crippen LogP contribution in [0.15, 0.2) is 21.9 Å². The van der Waals surface area contributed by atoms with Gasteiger partial charge in [0.1, 0.15) is 11.5 Å². The SMILES string of the molecule is CC(=O)NCc1ccc(-c2csc(NC(=O)C3CC4CCCCC4N3)n2)o1. The highest BCUT2D eigenvalue weighted by Gasteiger charge is 2.38. The molecule has 8 heteroatoms. The number of carbonyl (C=O) groups excluding carboxylic acids is 2. The van der Waals surface area contributed by atoms with Crippen molar-refractivity contribution in [2.75, 3.05) is 5.32 Å². The first kappa shape index (κ1) is 18.2. The summed E-state index contributed by atoms with van der Waals surface area (Å²) >= 11 is 1.38. The van der Waals surface area contributed by atoms with Crippen molar-refractivity contribution in [3.63, 3.8) is 0 Å². The van der Waals surface area contributed by atoms with Crippen molar-refractivity contribution >= 4 is 28.3 Å². The predicted molar refractivity (Wildman–Crippen MR) is 103 cm³/mol. The van der Waals surface area contributed by atoms with Crippen LogP contribution in [0.1, 0.15) is 44.8 Å². The van der Waals surface area contributed by atoms with Crippen LogP contribution in [-0.4, -0.2) is 28.9 Å². The molecule has 1 aliphatic heterocycles. The summed E-state index contributed by atoms with van der Waals surface area (Å²) in [5.74, 6) is 1.81. The molecule has 1 aliphatic carbocycles. The molecular weight excluding hydrogens is 364 g/mol. The first-order chi connectivity index (χ1) is 13.1. The first-order valence-electron chi connectivity index (χ1n) is 9.44. The van der Waals surface area contributed by atoms with Crippen LogP contribution < -0.4 is 16.0 Å². The molecule has 1 saturated heterocycles. The molecule has 1 saturated carbocycles. The summed E-state index contributed by atoms with van der Waals surface area (Å²) in [6.45, 7) is 1.81. The second kappa shape index (κ2) is 7.82. The standard InChI is InChI=1S/C19H24N4O3S/c1-11(24)20-9-13-6-7-17(26-13)16-10-27-19(22-16)23-18(25)15-8-12-4-2-3-5-14(12)21-15/h6-7,10,12,14-15,21H,2-5,8-9H2,1H3,(H,20,24)(H,22,23,25). The number of nitrogens with one attached hydrogen (secondary N) is 3. The highest BCUT2D eigenvalue weighted by Crippen LogP contribution is 2.34. The molecule has 4 rings (SSSR count). The molecule has 2 aliphatic rings. The number of amides is 2. The van der Waals surface area contributed by atoms with Gasteiger partial charge in [-0.05, 0) is 37.3 Å². The number of fused-ring (bicyclic) bond motifs is 1. The third-order valence-corrected chi connectivity index (χ3v) is 6.10. The van der Waals surface area contributed by atoms with Crippen molar-refractivity contribution in [3.05, 3.63) is 23.3 Å². The predicted octanol–water partition coefficient (Wildman–Crippen LogP) is 2.90. The summed E-state index contributed by atoms with van der Waals surface area (Å²) in [7, 11) is 0. The molecule has 27 heavy (non-hydrogen) atoms. The van der Waals surface area contributed by atoms with E-state index in [0.29, 0.717) is 40.9 Å². The van der Waals surface area contributed by atoms with E-state index in [0.717, 1.165) is 6.42 Å². The van der Waals surface area contributed by atoms with Crippen LogP contribution >= 0.6 is 11.3 Å². The minimum atomic E-state index is -0.127. The second-order valence-electron chi connectivity index (χ2n) is 7.31. The Morgan fingerprint density at radius 3 is 3.00 bits per heavy atom. The molecule has 2 fully saturated rings. The number of hydrogen-bond donors (Lipinski definition) is 3. The lowest BCUT2D eigenvalue weighted by Crippen LogP contribution is -2.39. The van der Waals surface area contributed by atoms with Crippen LogP contribution in [0.2, 0.25) is 0 Å².